The van der Waals surface area contributed by atoms with Crippen LogP contribution in [0.3, 0.4) is 0 Å². The van der Waals surface area contributed by atoms with Crippen LogP contribution in [0.4, 0.5) is 0 Å². The molecule has 0 spiro atoms. The number of nitriles is 1. The Kier molecular flexibility index (Phi) is 4.41. The first kappa shape index (κ1) is 13.0. The van der Waals surface area contributed by atoms with Gasteiger partial charge in [-0.05, 0) is 17.7 Å². The zero-order valence-electron chi connectivity index (χ0n) is 10.7. The summed E-state index contributed by atoms with van der Waals surface area (Å²) in [6, 6.07) is 19.3. The molecule has 0 aliphatic carbocycles. The predicted molar refractivity (Wildman–Crippen MR) is 73.0 cm³/mol. The Balaban J connectivity index is 2.24. The van der Waals surface area contributed by atoms with Crippen LogP contribution in [0.1, 0.15) is 18.1 Å². The van der Waals surface area contributed by atoms with Crippen LogP contribution >= 0.6 is 0 Å². The average Bonchev–Trinajstić information content (AvgIpc) is 2.48. The number of benzene rings is 2. The largest absolute Gasteiger partial charge is 0.493 e. The minimum Gasteiger partial charge on any atom is -0.493 e. The summed E-state index contributed by atoms with van der Waals surface area (Å²) in [4.78, 5) is 0. The molecule has 0 amide bonds. The third-order valence-electron chi connectivity index (χ3n) is 2.79. The normalized spacial score (nSPS) is 11.4. The van der Waals surface area contributed by atoms with E-state index in [-0.39, 0.29) is 6.10 Å². The number of rotatable bonds is 5. The van der Waals surface area contributed by atoms with Gasteiger partial charge in [-0.25, -0.2) is 0 Å². The second-order valence-corrected chi connectivity index (χ2v) is 4.03. The molecule has 0 N–H and O–H groups in total. The van der Waals surface area contributed by atoms with E-state index in [0.29, 0.717) is 17.9 Å². The topological polar surface area (TPSA) is 42.2 Å². The fourth-order valence-corrected chi connectivity index (χ4v) is 1.85. The van der Waals surface area contributed by atoms with Crippen LogP contribution < -0.4 is 9.47 Å². The minimum absolute atomic E-state index is 0.289. The first-order valence-electron chi connectivity index (χ1n) is 6.06. The lowest BCUT2D eigenvalue weighted by molar-refractivity contribution is 0.201. The van der Waals surface area contributed by atoms with Gasteiger partial charge in [0.25, 0.3) is 0 Å². The van der Waals surface area contributed by atoms with Gasteiger partial charge in [-0.1, -0.05) is 42.5 Å². The molecule has 1 atom stereocenters. The zero-order chi connectivity index (χ0) is 13.5. The molecule has 2 aromatic carbocycles. The van der Waals surface area contributed by atoms with Gasteiger partial charge in [-0.2, -0.15) is 5.26 Å². The second-order valence-electron chi connectivity index (χ2n) is 4.03. The van der Waals surface area contributed by atoms with Crippen LogP contribution in [0.15, 0.2) is 54.6 Å². The van der Waals surface area contributed by atoms with Crippen LogP contribution in [0.25, 0.3) is 0 Å². The Morgan fingerprint density at radius 3 is 2.26 bits per heavy atom. The Bertz CT molecular complexity index is 560. The van der Waals surface area contributed by atoms with E-state index in [4.69, 9.17) is 14.7 Å². The summed E-state index contributed by atoms with van der Waals surface area (Å²) in [5.74, 6) is 1.32. The molecule has 0 fully saturated rings. The van der Waals surface area contributed by atoms with Crippen LogP contribution in [0.5, 0.6) is 11.5 Å². The van der Waals surface area contributed by atoms with Crippen molar-refractivity contribution in [2.75, 3.05) is 7.11 Å². The predicted octanol–water partition coefficient (Wildman–Crippen LogP) is 3.73. The molecule has 0 aliphatic rings. The number of para-hydroxylation sites is 2. The van der Waals surface area contributed by atoms with Crippen LogP contribution in [-0.4, -0.2) is 7.11 Å². The highest BCUT2D eigenvalue weighted by Gasteiger charge is 2.15. The van der Waals surface area contributed by atoms with E-state index in [1.54, 1.807) is 7.11 Å². The Morgan fingerprint density at radius 2 is 1.63 bits per heavy atom. The van der Waals surface area contributed by atoms with E-state index in [9.17, 15) is 0 Å². The van der Waals surface area contributed by atoms with Crippen LogP contribution in [-0.2, 0) is 0 Å². The molecular formula is C16H15NO2. The molecule has 3 heteroatoms. The van der Waals surface area contributed by atoms with Crippen molar-refractivity contribution in [3.05, 3.63) is 60.2 Å². The Hall–Kier alpha value is -2.47. The van der Waals surface area contributed by atoms with Crippen molar-refractivity contribution in [3.8, 4) is 17.6 Å². The summed E-state index contributed by atoms with van der Waals surface area (Å²) < 4.78 is 11.2. The van der Waals surface area contributed by atoms with Crippen LogP contribution in [0.2, 0.25) is 0 Å². The van der Waals surface area contributed by atoms with Gasteiger partial charge in [-0.3, -0.25) is 0 Å². The summed E-state index contributed by atoms with van der Waals surface area (Å²) >= 11 is 0. The zero-order valence-corrected chi connectivity index (χ0v) is 10.7. The monoisotopic (exact) mass is 253 g/mol. The lowest BCUT2D eigenvalue weighted by Crippen LogP contribution is -2.07. The van der Waals surface area contributed by atoms with Gasteiger partial charge in [-0.15, -0.1) is 0 Å². The van der Waals surface area contributed by atoms with Gasteiger partial charge >= 0.3 is 0 Å². The first-order chi connectivity index (χ1) is 9.35. The van der Waals surface area contributed by atoms with E-state index in [1.807, 2.05) is 54.6 Å². The molecule has 0 heterocycles. The summed E-state index contributed by atoms with van der Waals surface area (Å²) in [6.45, 7) is 0. The van der Waals surface area contributed by atoms with Crippen LogP contribution in [0, 0.1) is 11.3 Å². The molecule has 19 heavy (non-hydrogen) atoms. The lowest BCUT2D eigenvalue weighted by Gasteiger charge is -2.18. The maximum absolute atomic E-state index is 8.94. The SMILES string of the molecule is COc1ccccc1O[C@@H](CC#N)c1ccccc1. The smallest absolute Gasteiger partial charge is 0.162 e. The molecule has 0 saturated heterocycles. The van der Waals surface area contributed by atoms with Gasteiger partial charge in [0.05, 0.1) is 19.6 Å². The van der Waals surface area contributed by atoms with Crippen molar-refractivity contribution in [2.45, 2.75) is 12.5 Å². The maximum atomic E-state index is 8.94. The van der Waals surface area contributed by atoms with E-state index < -0.39 is 0 Å². The Labute approximate surface area is 113 Å². The quantitative estimate of drug-likeness (QED) is 0.815. The number of hydrogen-bond donors (Lipinski definition) is 0. The van der Waals surface area contributed by atoms with E-state index in [2.05, 4.69) is 6.07 Å². The summed E-state index contributed by atoms with van der Waals surface area (Å²) in [7, 11) is 1.60. The van der Waals surface area contributed by atoms with Crippen molar-refractivity contribution < 1.29 is 9.47 Å². The number of nitrogens with zero attached hydrogens (tertiary/aromatic N) is 1. The molecule has 2 aromatic rings. The fraction of sp³-hybridized carbons (Fsp3) is 0.188. The second kappa shape index (κ2) is 6.46. The van der Waals surface area contributed by atoms with Gasteiger partial charge in [0.2, 0.25) is 0 Å². The third-order valence-corrected chi connectivity index (χ3v) is 2.79. The van der Waals surface area contributed by atoms with Crippen molar-refractivity contribution in [3.63, 3.8) is 0 Å². The maximum Gasteiger partial charge on any atom is 0.162 e. The minimum atomic E-state index is -0.289. The Morgan fingerprint density at radius 1 is 1.00 bits per heavy atom. The van der Waals surface area contributed by atoms with Crippen molar-refractivity contribution >= 4 is 0 Å². The van der Waals surface area contributed by atoms with Gasteiger partial charge < -0.3 is 9.47 Å². The molecule has 2 rings (SSSR count). The van der Waals surface area contributed by atoms with Crippen molar-refractivity contribution in [2.24, 2.45) is 0 Å². The van der Waals surface area contributed by atoms with Gasteiger partial charge in [0.1, 0.15) is 6.10 Å². The van der Waals surface area contributed by atoms with E-state index in [1.165, 1.54) is 0 Å². The van der Waals surface area contributed by atoms with Gasteiger partial charge in [0.15, 0.2) is 11.5 Å². The van der Waals surface area contributed by atoms with Gasteiger partial charge in [0, 0.05) is 0 Å². The molecule has 0 radical (unpaired) electrons. The molecule has 0 aromatic heterocycles. The molecule has 3 nitrogen and oxygen atoms in total. The molecule has 96 valence electrons. The highest BCUT2D eigenvalue weighted by Crippen LogP contribution is 2.31. The molecule has 0 unspecified atom stereocenters. The lowest BCUT2D eigenvalue weighted by atomic mass is 10.1. The first-order valence-corrected chi connectivity index (χ1v) is 6.06. The van der Waals surface area contributed by atoms with Crippen molar-refractivity contribution in [1.82, 2.24) is 0 Å². The number of ether oxygens (including phenoxy) is 2. The summed E-state index contributed by atoms with van der Waals surface area (Å²) in [6.07, 6.45) is 0.00436. The molecule has 0 saturated carbocycles. The molecular weight excluding hydrogens is 238 g/mol. The molecule has 0 bridgehead atoms. The molecule has 0 aliphatic heterocycles. The number of methoxy groups -OCH3 is 1. The number of hydrogen-bond acceptors (Lipinski definition) is 3. The highest BCUT2D eigenvalue weighted by atomic mass is 16.5. The standard InChI is InChI=1S/C16H15NO2/c1-18-15-9-5-6-10-16(15)19-14(11-12-17)13-7-3-2-4-8-13/h2-10,14H,11H2,1H3/t14-/m0/s1. The van der Waals surface area contributed by atoms with E-state index in [0.717, 1.165) is 5.56 Å². The third kappa shape index (κ3) is 3.26. The highest BCUT2D eigenvalue weighted by molar-refractivity contribution is 5.40. The summed E-state index contributed by atoms with van der Waals surface area (Å²) in [5, 5.41) is 8.94. The fourth-order valence-electron chi connectivity index (χ4n) is 1.85. The average molecular weight is 253 g/mol. The van der Waals surface area contributed by atoms with E-state index >= 15 is 0 Å². The van der Waals surface area contributed by atoms with Crippen molar-refractivity contribution in [1.29, 1.82) is 5.26 Å². The summed E-state index contributed by atoms with van der Waals surface area (Å²) in [5.41, 5.74) is 0.981.